The number of aromatic nitrogens is 2. The summed E-state index contributed by atoms with van der Waals surface area (Å²) < 4.78 is 15.7. The van der Waals surface area contributed by atoms with Gasteiger partial charge in [0.25, 0.3) is 0 Å². The summed E-state index contributed by atoms with van der Waals surface area (Å²) >= 11 is 4.80. The van der Waals surface area contributed by atoms with E-state index in [2.05, 4.69) is 10.3 Å². The Morgan fingerprint density at radius 2 is 2.32 bits per heavy atom. The number of hydrogen-bond donors (Lipinski definition) is 2. The smallest absolute Gasteiger partial charge is 0.146 e. The van der Waals surface area contributed by atoms with Gasteiger partial charge in [-0.1, -0.05) is 12.2 Å². The summed E-state index contributed by atoms with van der Waals surface area (Å²) in [5.41, 5.74) is 6.42. The molecule has 0 fully saturated rings. The molecular formula is C13H15FN4S. The number of nitrogens with one attached hydrogen (secondary N) is 1. The molecule has 3 N–H and O–H groups in total. The quantitative estimate of drug-likeness (QED) is 0.820. The van der Waals surface area contributed by atoms with Crippen LogP contribution in [0.15, 0.2) is 30.6 Å². The van der Waals surface area contributed by atoms with Gasteiger partial charge in [-0.15, -0.1) is 0 Å². The average Bonchev–Trinajstić information content (AvgIpc) is 2.77. The maximum absolute atomic E-state index is 13.8. The van der Waals surface area contributed by atoms with Gasteiger partial charge in [0.1, 0.15) is 16.6 Å². The summed E-state index contributed by atoms with van der Waals surface area (Å²) in [5.74, 6) is 0.595. The summed E-state index contributed by atoms with van der Waals surface area (Å²) in [6, 6.07) is 4.68. The van der Waals surface area contributed by atoms with Crippen LogP contribution in [0.5, 0.6) is 0 Å². The molecule has 0 amide bonds. The SMILES string of the molecule is Cn1ccnc1CCNc1ccc(C(N)=S)cc1F. The summed E-state index contributed by atoms with van der Waals surface area (Å²) in [7, 11) is 1.93. The van der Waals surface area contributed by atoms with E-state index in [0.717, 1.165) is 12.2 Å². The van der Waals surface area contributed by atoms with Crippen molar-refractivity contribution in [3.8, 4) is 0 Å². The largest absolute Gasteiger partial charge is 0.389 e. The Morgan fingerprint density at radius 3 is 2.89 bits per heavy atom. The first kappa shape index (κ1) is 13.5. The lowest BCUT2D eigenvalue weighted by Gasteiger charge is -2.08. The Bertz CT molecular complexity index is 594. The van der Waals surface area contributed by atoms with Gasteiger partial charge < -0.3 is 15.6 Å². The Labute approximate surface area is 116 Å². The number of aryl methyl sites for hydroxylation is 1. The van der Waals surface area contributed by atoms with E-state index in [-0.39, 0.29) is 10.8 Å². The van der Waals surface area contributed by atoms with E-state index in [1.165, 1.54) is 6.07 Å². The van der Waals surface area contributed by atoms with E-state index in [1.807, 2.05) is 17.8 Å². The van der Waals surface area contributed by atoms with Gasteiger partial charge in [-0.25, -0.2) is 9.37 Å². The maximum atomic E-state index is 13.8. The molecule has 1 aromatic carbocycles. The fourth-order valence-electron chi connectivity index (χ4n) is 1.76. The van der Waals surface area contributed by atoms with Gasteiger partial charge in [0, 0.05) is 38.0 Å². The molecule has 1 heterocycles. The average molecular weight is 278 g/mol. The summed E-state index contributed by atoms with van der Waals surface area (Å²) in [6.45, 7) is 0.605. The van der Waals surface area contributed by atoms with Gasteiger partial charge in [-0.3, -0.25) is 0 Å². The zero-order valence-electron chi connectivity index (χ0n) is 10.6. The molecule has 6 heteroatoms. The first-order valence-corrected chi connectivity index (χ1v) is 6.28. The second-order valence-corrected chi connectivity index (χ2v) is 4.63. The number of hydrogen-bond acceptors (Lipinski definition) is 3. The molecule has 0 radical (unpaired) electrons. The highest BCUT2D eigenvalue weighted by atomic mass is 32.1. The second kappa shape index (κ2) is 5.79. The minimum Gasteiger partial charge on any atom is -0.389 e. The number of nitrogens with two attached hydrogens (primary N) is 1. The number of nitrogens with zero attached hydrogens (tertiary/aromatic N) is 2. The fourth-order valence-corrected chi connectivity index (χ4v) is 1.89. The first-order chi connectivity index (χ1) is 9.08. The van der Waals surface area contributed by atoms with Crippen LogP contribution < -0.4 is 11.1 Å². The van der Waals surface area contributed by atoms with E-state index in [1.54, 1.807) is 18.3 Å². The Morgan fingerprint density at radius 1 is 1.53 bits per heavy atom. The summed E-state index contributed by atoms with van der Waals surface area (Å²) in [5, 5.41) is 3.03. The predicted molar refractivity (Wildman–Crippen MR) is 77.7 cm³/mol. The van der Waals surface area contributed by atoms with Crippen molar-refractivity contribution in [2.24, 2.45) is 12.8 Å². The Kier molecular flexibility index (Phi) is 4.11. The highest BCUT2D eigenvalue weighted by Crippen LogP contribution is 2.15. The van der Waals surface area contributed by atoms with E-state index in [0.29, 0.717) is 17.8 Å². The van der Waals surface area contributed by atoms with Crippen molar-refractivity contribution in [1.82, 2.24) is 9.55 Å². The van der Waals surface area contributed by atoms with Gasteiger partial charge in [-0.05, 0) is 18.2 Å². The Hall–Kier alpha value is -1.95. The molecule has 2 rings (SSSR count). The molecule has 0 atom stereocenters. The molecule has 0 aliphatic carbocycles. The number of imidazole rings is 1. The van der Waals surface area contributed by atoms with Gasteiger partial charge in [-0.2, -0.15) is 0 Å². The zero-order valence-corrected chi connectivity index (χ0v) is 11.4. The van der Waals surface area contributed by atoms with Gasteiger partial charge >= 0.3 is 0 Å². The fraction of sp³-hybridized carbons (Fsp3) is 0.231. The highest BCUT2D eigenvalue weighted by molar-refractivity contribution is 7.80. The van der Waals surface area contributed by atoms with Gasteiger partial charge in [0.05, 0.1) is 5.69 Å². The van der Waals surface area contributed by atoms with Crippen molar-refractivity contribution in [3.63, 3.8) is 0 Å². The molecule has 1 aromatic heterocycles. The van der Waals surface area contributed by atoms with Crippen LogP contribution in [-0.4, -0.2) is 21.1 Å². The maximum Gasteiger partial charge on any atom is 0.146 e. The standard InChI is InChI=1S/C13H15FN4S/c1-18-7-6-17-12(18)4-5-16-11-3-2-9(13(15)19)8-10(11)14/h2-3,6-8,16H,4-5H2,1H3,(H2,15,19). The minimum absolute atomic E-state index is 0.193. The second-order valence-electron chi connectivity index (χ2n) is 4.19. The lowest BCUT2D eigenvalue weighted by atomic mass is 10.2. The molecule has 0 spiro atoms. The van der Waals surface area contributed by atoms with Crippen molar-refractivity contribution in [1.29, 1.82) is 0 Å². The van der Waals surface area contributed by atoms with Crippen LogP contribution in [0.2, 0.25) is 0 Å². The lowest BCUT2D eigenvalue weighted by Crippen LogP contribution is -2.12. The summed E-state index contributed by atoms with van der Waals surface area (Å²) in [4.78, 5) is 4.40. The third kappa shape index (κ3) is 3.29. The first-order valence-electron chi connectivity index (χ1n) is 5.87. The lowest BCUT2D eigenvalue weighted by molar-refractivity contribution is 0.629. The van der Waals surface area contributed by atoms with Gasteiger partial charge in [0.15, 0.2) is 0 Å². The van der Waals surface area contributed by atoms with E-state index in [9.17, 15) is 4.39 Å². The molecule has 0 bridgehead atoms. The molecule has 0 saturated carbocycles. The monoisotopic (exact) mass is 278 g/mol. The normalized spacial score (nSPS) is 10.4. The minimum atomic E-state index is -0.356. The molecular weight excluding hydrogens is 263 g/mol. The van der Waals surface area contributed by atoms with Crippen LogP contribution in [0.25, 0.3) is 0 Å². The van der Waals surface area contributed by atoms with Crippen molar-refractivity contribution in [2.45, 2.75) is 6.42 Å². The molecule has 4 nitrogen and oxygen atoms in total. The molecule has 0 unspecified atom stereocenters. The molecule has 19 heavy (non-hydrogen) atoms. The number of thiocarbonyl (C=S) groups is 1. The molecule has 2 aromatic rings. The molecule has 0 aliphatic rings. The number of benzene rings is 1. The molecule has 0 saturated heterocycles. The highest BCUT2D eigenvalue weighted by Gasteiger charge is 2.05. The van der Waals surface area contributed by atoms with Crippen molar-refractivity contribution < 1.29 is 4.39 Å². The van der Waals surface area contributed by atoms with Crippen LogP contribution in [-0.2, 0) is 13.5 Å². The topological polar surface area (TPSA) is 55.9 Å². The van der Waals surface area contributed by atoms with Crippen LogP contribution in [0.3, 0.4) is 0 Å². The molecule has 0 aliphatic heterocycles. The third-order valence-electron chi connectivity index (χ3n) is 2.84. The van der Waals surface area contributed by atoms with E-state index in [4.69, 9.17) is 18.0 Å². The van der Waals surface area contributed by atoms with Crippen LogP contribution >= 0.6 is 12.2 Å². The third-order valence-corrected chi connectivity index (χ3v) is 3.07. The van der Waals surface area contributed by atoms with Crippen LogP contribution in [0.4, 0.5) is 10.1 Å². The molecule has 100 valence electrons. The van der Waals surface area contributed by atoms with E-state index < -0.39 is 0 Å². The zero-order chi connectivity index (χ0) is 13.8. The van der Waals surface area contributed by atoms with Crippen molar-refractivity contribution >= 4 is 22.9 Å². The Balaban J connectivity index is 1.96. The predicted octanol–water partition coefficient (Wildman–Crippen LogP) is 1.85. The van der Waals surface area contributed by atoms with Crippen LogP contribution in [0, 0.1) is 5.82 Å². The number of anilines is 1. The van der Waals surface area contributed by atoms with Crippen molar-refractivity contribution in [2.75, 3.05) is 11.9 Å². The van der Waals surface area contributed by atoms with E-state index >= 15 is 0 Å². The number of rotatable bonds is 5. The number of halogens is 1. The van der Waals surface area contributed by atoms with Gasteiger partial charge in [0.2, 0.25) is 0 Å². The summed E-state index contributed by atoms with van der Waals surface area (Å²) in [6.07, 6.45) is 4.35. The van der Waals surface area contributed by atoms with Crippen LogP contribution in [0.1, 0.15) is 11.4 Å². The van der Waals surface area contributed by atoms with Crippen molar-refractivity contribution in [3.05, 3.63) is 47.8 Å².